The van der Waals surface area contributed by atoms with Crippen LogP contribution in [0.4, 0.5) is 27.9 Å². The van der Waals surface area contributed by atoms with Crippen molar-refractivity contribution in [2.45, 2.75) is 73.9 Å². The molecule has 2 unspecified atom stereocenters. The van der Waals surface area contributed by atoms with Gasteiger partial charge >= 0.3 is 6.18 Å². The number of hydrogen-bond acceptors (Lipinski definition) is 8. The molecule has 6 rings (SSSR count). The summed E-state index contributed by atoms with van der Waals surface area (Å²) in [6, 6.07) is 10.2. The Kier molecular flexibility index (Phi) is 13.1. The number of nitrogens with one attached hydrogen (secondary N) is 2. The van der Waals surface area contributed by atoms with Gasteiger partial charge < -0.3 is 15.4 Å². The van der Waals surface area contributed by atoms with Crippen LogP contribution in [0.1, 0.15) is 84.7 Å². The van der Waals surface area contributed by atoms with E-state index in [-0.39, 0.29) is 35.4 Å². The second-order valence-corrected chi connectivity index (χ2v) is 15.5. The Morgan fingerprint density at radius 3 is 2.39 bits per heavy atom. The van der Waals surface area contributed by atoms with Crippen LogP contribution in [0.5, 0.6) is 0 Å². The molecule has 0 radical (unpaired) electrons. The SMILES string of the molecule is CNC(=O)C(CCC=O)c1nn(C)c2cc(C3CCN(CC#Cc4cc(S(=O)N5CCC(Nc6ncc(C(F)(F)F)cn6)CC5)ccc4C(F)F)CC3)ccc12. The molecule has 0 spiro atoms. The van der Waals surface area contributed by atoms with E-state index in [1.54, 1.807) is 16.0 Å². The van der Waals surface area contributed by atoms with Gasteiger partial charge in [-0.15, -0.1) is 0 Å². The number of nitrogens with zero attached hydrogens (tertiary/aromatic N) is 6. The highest BCUT2D eigenvalue weighted by molar-refractivity contribution is 7.82. The van der Waals surface area contributed by atoms with Crippen molar-refractivity contribution in [3.8, 4) is 11.8 Å². The molecule has 2 N–H and O–H groups in total. The Bertz CT molecular complexity index is 2100. The predicted molar refractivity (Wildman–Crippen MR) is 201 cm³/mol. The highest BCUT2D eigenvalue weighted by Crippen LogP contribution is 2.34. The molecule has 298 valence electrons. The summed E-state index contributed by atoms with van der Waals surface area (Å²) in [7, 11) is 1.79. The molecule has 2 aromatic carbocycles. The normalized spacial score (nSPS) is 17.4. The molecule has 2 aromatic heterocycles. The number of benzene rings is 2. The maximum absolute atomic E-state index is 14.0. The number of piperidine rings is 2. The Balaban J connectivity index is 1.04. The maximum Gasteiger partial charge on any atom is 0.419 e. The van der Waals surface area contributed by atoms with Crippen LogP contribution in [-0.2, 0) is 33.8 Å². The highest BCUT2D eigenvalue weighted by Gasteiger charge is 2.32. The van der Waals surface area contributed by atoms with Crippen LogP contribution in [0, 0.1) is 11.8 Å². The van der Waals surface area contributed by atoms with Crippen LogP contribution in [0.15, 0.2) is 53.7 Å². The van der Waals surface area contributed by atoms with Crippen LogP contribution in [-0.4, -0.2) is 91.2 Å². The van der Waals surface area contributed by atoms with E-state index in [0.29, 0.717) is 55.4 Å². The van der Waals surface area contributed by atoms with Gasteiger partial charge in [-0.3, -0.25) is 14.4 Å². The second-order valence-electron chi connectivity index (χ2n) is 14.0. The Hall–Kier alpha value is -4.79. The zero-order valence-corrected chi connectivity index (χ0v) is 31.8. The number of aldehydes is 1. The monoisotopic (exact) mass is 798 g/mol. The van der Waals surface area contributed by atoms with Gasteiger partial charge in [0.05, 0.1) is 34.1 Å². The van der Waals surface area contributed by atoms with Gasteiger partial charge in [-0.05, 0) is 74.9 Å². The van der Waals surface area contributed by atoms with Gasteiger partial charge in [-0.2, -0.15) is 18.3 Å². The number of carbonyl (C=O) groups excluding carboxylic acids is 2. The minimum atomic E-state index is -4.53. The standard InChI is InChI=1S/C39H43F5N8O3S/c1-45-37(54)33(6-4-20-53)35-32-9-7-26(22-34(32)50(2)49-35)25-11-16-51(17-12-25)15-3-5-27-21-30(8-10-31(27)36(40)41)56(55)52-18-13-29(14-19-52)48-38-46-23-28(24-47-38)39(42,43)44/h7-10,20-25,29,33,36H,4,6,11-19H2,1-2H3,(H,45,54)(H,46,47,48). The van der Waals surface area contributed by atoms with Crippen molar-refractivity contribution in [2.24, 2.45) is 7.05 Å². The summed E-state index contributed by atoms with van der Waals surface area (Å²) in [5, 5.41) is 11.3. The Morgan fingerprint density at radius 1 is 1.04 bits per heavy atom. The summed E-state index contributed by atoms with van der Waals surface area (Å²) >= 11 is 0. The van der Waals surface area contributed by atoms with Crippen molar-refractivity contribution < 1.29 is 35.8 Å². The van der Waals surface area contributed by atoms with E-state index in [9.17, 15) is 35.8 Å². The molecular weight excluding hydrogens is 756 g/mol. The third-order valence-electron chi connectivity index (χ3n) is 10.4. The van der Waals surface area contributed by atoms with Crippen LogP contribution in [0.25, 0.3) is 10.9 Å². The molecule has 2 aliphatic rings. The molecule has 56 heavy (non-hydrogen) atoms. The first-order chi connectivity index (χ1) is 26.9. The molecule has 11 nitrogen and oxygen atoms in total. The molecule has 4 aromatic rings. The third kappa shape index (κ3) is 9.59. The minimum Gasteiger partial charge on any atom is -0.359 e. The summed E-state index contributed by atoms with van der Waals surface area (Å²) in [6.45, 7) is 2.71. The van der Waals surface area contributed by atoms with Crippen molar-refractivity contribution in [3.63, 3.8) is 0 Å². The minimum absolute atomic E-state index is 0.0766. The zero-order valence-electron chi connectivity index (χ0n) is 31.0. The number of fused-ring (bicyclic) bond motifs is 1. The molecule has 2 saturated heterocycles. The Labute approximate surface area is 324 Å². The number of alkyl halides is 5. The fraction of sp³-hybridized carbons (Fsp3) is 0.462. The molecule has 1 amide bonds. The van der Waals surface area contributed by atoms with Crippen LogP contribution in [0.2, 0.25) is 0 Å². The average molecular weight is 799 g/mol. The second kappa shape index (κ2) is 18.0. The van der Waals surface area contributed by atoms with Gasteiger partial charge in [-0.25, -0.2) is 27.3 Å². The molecule has 2 atom stereocenters. The van der Waals surface area contributed by atoms with E-state index in [1.165, 1.54) is 23.8 Å². The number of likely N-dealkylation sites (N-methyl/N-ethyl adjacent to an activating group) is 1. The van der Waals surface area contributed by atoms with Gasteiger partial charge in [0, 0.05) is 68.6 Å². The number of rotatable bonds is 12. The molecule has 2 fully saturated rings. The first-order valence-electron chi connectivity index (χ1n) is 18.4. The number of aromatic nitrogens is 4. The number of anilines is 1. The smallest absolute Gasteiger partial charge is 0.359 e. The topological polar surface area (TPSA) is 125 Å². The van der Waals surface area contributed by atoms with Crippen molar-refractivity contribution in [1.82, 2.24) is 34.3 Å². The van der Waals surface area contributed by atoms with Crippen molar-refractivity contribution in [2.75, 3.05) is 45.1 Å². The van der Waals surface area contributed by atoms with Gasteiger partial charge in [-0.1, -0.05) is 30.0 Å². The fourth-order valence-electron chi connectivity index (χ4n) is 7.27. The predicted octanol–water partition coefficient (Wildman–Crippen LogP) is 5.96. The van der Waals surface area contributed by atoms with Crippen molar-refractivity contribution in [3.05, 3.63) is 76.7 Å². The molecule has 2 aliphatic heterocycles. The number of halogens is 5. The first-order valence-corrected chi connectivity index (χ1v) is 19.5. The van der Waals surface area contributed by atoms with E-state index in [0.717, 1.165) is 55.5 Å². The van der Waals surface area contributed by atoms with Gasteiger partial charge in [0.25, 0.3) is 6.43 Å². The molecule has 0 saturated carbocycles. The summed E-state index contributed by atoms with van der Waals surface area (Å²) in [4.78, 5) is 33.7. The lowest BCUT2D eigenvalue weighted by Gasteiger charge is -2.31. The van der Waals surface area contributed by atoms with Crippen LogP contribution >= 0.6 is 0 Å². The summed E-state index contributed by atoms with van der Waals surface area (Å²) < 4.78 is 83.5. The number of likely N-dealkylation sites (tertiary alicyclic amines) is 1. The highest BCUT2D eigenvalue weighted by atomic mass is 32.2. The van der Waals surface area contributed by atoms with Crippen LogP contribution < -0.4 is 10.6 Å². The largest absolute Gasteiger partial charge is 0.419 e. The molecule has 4 heterocycles. The molecule has 0 bridgehead atoms. The van der Waals surface area contributed by atoms with Gasteiger partial charge in [0.1, 0.15) is 17.3 Å². The van der Waals surface area contributed by atoms with E-state index in [4.69, 9.17) is 0 Å². The lowest BCUT2D eigenvalue weighted by Crippen LogP contribution is -2.40. The van der Waals surface area contributed by atoms with Crippen molar-refractivity contribution in [1.29, 1.82) is 0 Å². The molecule has 17 heteroatoms. The quantitative estimate of drug-likeness (QED) is 0.102. The third-order valence-corrected chi connectivity index (χ3v) is 11.9. The van der Waals surface area contributed by atoms with E-state index >= 15 is 0 Å². The number of carbonyl (C=O) groups is 2. The summed E-state index contributed by atoms with van der Waals surface area (Å²) in [5.74, 6) is 5.64. The number of aryl methyl sites for hydroxylation is 1. The zero-order chi connectivity index (χ0) is 40.0. The number of amides is 1. The average Bonchev–Trinajstić information content (AvgIpc) is 3.52. The lowest BCUT2D eigenvalue weighted by atomic mass is 9.88. The first kappa shape index (κ1) is 40.9. The fourth-order valence-corrected chi connectivity index (χ4v) is 8.52. The Morgan fingerprint density at radius 2 is 1.75 bits per heavy atom. The number of hydrogen-bond donors (Lipinski definition) is 2. The van der Waals surface area contributed by atoms with Crippen molar-refractivity contribution >= 4 is 40.0 Å². The van der Waals surface area contributed by atoms with E-state index in [2.05, 4.69) is 54.6 Å². The van der Waals surface area contributed by atoms with Crippen LogP contribution in [0.3, 0.4) is 0 Å². The van der Waals surface area contributed by atoms with Gasteiger partial charge in [0.15, 0.2) is 0 Å². The lowest BCUT2D eigenvalue weighted by molar-refractivity contribution is -0.138. The molecular formula is C39H43F5N8O3S. The summed E-state index contributed by atoms with van der Waals surface area (Å²) in [6.07, 6.45) is -1.60. The van der Waals surface area contributed by atoms with E-state index in [1.807, 2.05) is 13.1 Å². The maximum atomic E-state index is 14.0. The van der Waals surface area contributed by atoms with Gasteiger partial charge in [0.2, 0.25) is 11.9 Å². The molecule has 0 aliphatic carbocycles. The van der Waals surface area contributed by atoms with E-state index < -0.39 is 35.1 Å². The summed E-state index contributed by atoms with van der Waals surface area (Å²) in [5.41, 5.74) is 1.70.